The third kappa shape index (κ3) is 7.38. The third-order valence-electron chi connectivity index (χ3n) is 3.74. The van der Waals surface area contributed by atoms with Crippen LogP contribution in [0.3, 0.4) is 0 Å². The van der Waals surface area contributed by atoms with Crippen molar-refractivity contribution in [3.05, 3.63) is 45.5 Å². The summed E-state index contributed by atoms with van der Waals surface area (Å²) in [4.78, 5) is 26.1. The number of amides is 1. The largest absolute Gasteiger partial charge is 0.378 e. The standard InChI is InChI=1S/C17H24N4O3.C3H8/c1-12(16(22)21-7-9-24-10-8-21)5-6-13(2)18-15-11-14(3)19-20(4)17(15)23;1-3-2/h5-6,11,18H,7-10H2,1-4H3;3H2,1-2H3/b12-5+,13-6+;. The van der Waals surface area contributed by atoms with Crippen LogP contribution in [0, 0.1) is 6.92 Å². The zero-order chi connectivity index (χ0) is 20.4. The van der Waals surface area contributed by atoms with Gasteiger partial charge in [-0.3, -0.25) is 9.59 Å². The highest BCUT2D eigenvalue weighted by molar-refractivity contribution is 5.93. The maximum absolute atomic E-state index is 12.3. The van der Waals surface area contributed by atoms with Gasteiger partial charge >= 0.3 is 0 Å². The Labute approximate surface area is 161 Å². The first-order valence-corrected chi connectivity index (χ1v) is 9.34. The molecule has 27 heavy (non-hydrogen) atoms. The highest BCUT2D eigenvalue weighted by atomic mass is 16.5. The van der Waals surface area contributed by atoms with Gasteiger partial charge in [-0.25, -0.2) is 4.68 Å². The van der Waals surface area contributed by atoms with Gasteiger partial charge in [-0.05, 0) is 32.9 Å². The number of anilines is 1. The van der Waals surface area contributed by atoms with Crippen LogP contribution in [0.1, 0.15) is 39.8 Å². The number of aryl methyl sites for hydroxylation is 2. The molecule has 0 saturated carbocycles. The Morgan fingerprint density at radius 1 is 1.26 bits per heavy atom. The van der Waals surface area contributed by atoms with Gasteiger partial charge in [-0.2, -0.15) is 5.10 Å². The molecule has 7 heteroatoms. The number of allylic oxidation sites excluding steroid dienone is 3. The number of ether oxygens (including phenoxy) is 1. The number of carbonyl (C=O) groups is 1. The van der Waals surface area contributed by atoms with E-state index < -0.39 is 0 Å². The monoisotopic (exact) mass is 376 g/mol. The van der Waals surface area contributed by atoms with Crippen molar-refractivity contribution in [2.24, 2.45) is 7.05 Å². The summed E-state index contributed by atoms with van der Waals surface area (Å²) >= 11 is 0. The number of morpholine rings is 1. The summed E-state index contributed by atoms with van der Waals surface area (Å²) in [5.74, 6) is 0.0121. The molecule has 1 aromatic rings. The van der Waals surface area contributed by atoms with Gasteiger partial charge in [-0.1, -0.05) is 26.3 Å². The van der Waals surface area contributed by atoms with Crippen molar-refractivity contribution >= 4 is 11.6 Å². The van der Waals surface area contributed by atoms with Crippen molar-refractivity contribution in [3.8, 4) is 0 Å². The van der Waals surface area contributed by atoms with Gasteiger partial charge in [-0.15, -0.1) is 0 Å². The Morgan fingerprint density at radius 2 is 1.85 bits per heavy atom. The van der Waals surface area contributed by atoms with E-state index in [4.69, 9.17) is 4.74 Å². The molecule has 0 radical (unpaired) electrons. The minimum atomic E-state index is -0.196. The van der Waals surface area contributed by atoms with E-state index in [1.807, 2.05) is 13.8 Å². The van der Waals surface area contributed by atoms with Gasteiger partial charge in [0.1, 0.15) is 5.69 Å². The Balaban J connectivity index is 0.00000114. The molecule has 0 aliphatic carbocycles. The number of aromatic nitrogens is 2. The van der Waals surface area contributed by atoms with Crippen LogP contribution >= 0.6 is 0 Å². The zero-order valence-electron chi connectivity index (χ0n) is 17.3. The number of carbonyl (C=O) groups excluding carboxylic acids is 1. The highest BCUT2D eigenvalue weighted by Crippen LogP contribution is 2.08. The summed E-state index contributed by atoms with van der Waals surface area (Å²) in [6.07, 6.45) is 4.81. The first-order chi connectivity index (χ1) is 12.8. The summed E-state index contributed by atoms with van der Waals surface area (Å²) < 4.78 is 6.55. The van der Waals surface area contributed by atoms with E-state index in [1.165, 1.54) is 11.1 Å². The number of hydrogen-bond acceptors (Lipinski definition) is 5. The SMILES string of the molecule is C/C(=C\C=C(/C)C(=O)N1CCOCC1)Nc1cc(C)nn(C)c1=O.CCC. The minimum absolute atomic E-state index is 0.0121. The number of rotatable bonds is 4. The van der Waals surface area contributed by atoms with Gasteiger partial charge < -0.3 is 15.0 Å². The van der Waals surface area contributed by atoms with Crippen LogP contribution in [0.25, 0.3) is 0 Å². The van der Waals surface area contributed by atoms with Crippen LogP contribution in [-0.4, -0.2) is 46.9 Å². The smallest absolute Gasteiger partial charge is 0.290 e. The topological polar surface area (TPSA) is 76.5 Å². The van der Waals surface area contributed by atoms with E-state index in [0.29, 0.717) is 37.6 Å². The second kappa shape index (κ2) is 11.3. The second-order valence-electron chi connectivity index (χ2n) is 6.56. The van der Waals surface area contributed by atoms with E-state index in [1.54, 1.807) is 37.1 Å². The maximum Gasteiger partial charge on any atom is 0.290 e. The van der Waals surface area contributed by atoms with Crippen molar-refractivity contribution in [1.29, 1.82) is 0 Å². The Bertz CT molecular complexity index is 744. The Kier molecular flexibility index (Phi) is 9.50. The van der Waals surface area contributed by atoms with Crippen LogP contribution in [-0.2, 0) is 16.6 Å². The maximum atomic E-state index is 12.3. The molecule has 0 aromatic carbocycles. The van der Waals surface area contributed by atoms with Crippen LogP contribution in [0.2, 0.25) is 0 Å². The molecular weight excluding hydrogens is 344 g/mol. The van der Waals surface area contributed by atoms with Crippen molar-refractivity contribution in [3.63, 3.8) is 0 Å². The summed E-state index contributed by atoms with van der Waals surface area (Å²) in [7, 11) is 1.62. The van der Waals surface area contributed by atoms with Crippen molar-refractivity contribution in [2.45, 2.75) is 41.0 Å². The number of nitrogens with zero attached hydrogens (tertiary/aromatic N) is 3. The molecule has 1 aliphatic rings. The van der Waals surface area contributed by atoms with Crippen LogP contribution in [0.15, 0.2) is 34.3 Å². The second-order valence-corrected chi connectivity index (χ2v) is 6.56. The lowest BCUT2D eigenvalue weighted by Gasteiger charge is -2.27. The Morgan fingerprint density at radius 3 is 2.44 bits per heavy atom. The van der Waals surface area contributed by atoms with Gasteiger partial charge in [0.2, 0.25) is 5.91 Å². The van der Waals surface area contributed by atoms with Crippen LogP contribution in [0.4, 0.5) is 5.69 Å². The fourth-order valence-electron chi connectivity index (χ4n) is 2.44. The lowest BCUT2D eigenvalue weighted by molar-refractivity contribution is -0.131. The fraction of sp³-hybridized carbons (Fsp3) is 0.550. The van der Waals surface area contributed by atoms with Crippen LogP contribution < -0.4 is 10.9 Å². The minimum Gasteiger partial charge on any atom is -0.378 e. The molecule has 1 aromatic heterocycles. The summed E-state index contributed by atoms with van der Waals surface area (Å²) in [5, 5.41) is 7.13. The molecule has 1 saturated heterocycles. The van der Waals surface area contributed by atoms with E-state index in [9.17, 15) is 9.59 Å². The molecule has 1 N–H and O–H groups in total. The first-order valence-electron chi connectivity index (χ1n) is 9.34. The van der Waals surface area contributed by atoms with Gasteiger partial charge in [0.15, 0.2) is 0 Å². The molecule has 7 nitrogen and oxygen atoms in total. The van der Waals surface area contributed by atoms with E-state index in [2.05, 4.69) is 24.3 Å². The molecule has 1 fully saturated rings. The number of nitrogens with one attached hydrogen (secondary N) is 1. The van der Waals surface area contributed by atoms with Gasteiger partial charge in [0.25, 0.3) is 5.56 Å². The van der Waals surface area contributed by atoms with Crippen molar-refractivity contribution in [2.75, 3.05) is 31.6 Å². The van der Waals surface area contributed by atoms with E-state index in [-0.39, 0.29) is 11.5 Å². The molecular formula is C20H32N4O3. The van der Waals surface area contributed by atoms with Gasteiger partial charge in [0.05, 0.1) is 18.9 Å². The molecule has 2 heterocycles. The lowest BCUT2D eigenvalue weighted by Crippen LogP contribution is -2.41. The zero-order valence-corrected chi connectivity index (χ0v) is 17.3. The first kappa shape index (κ1) is 22.6. The quantitative estimate of drug-likeness (QED) is 0.646. The normalized spacial score (nSPS) is 15.1. The fourth-order valence-corrected chi connectivity index (χ4v) is 2.44. The van der Waals surface area contributed by atoms with E-state index in [0.717, 1.165) is 11.4 Å². The summed E-state index contributed by atoms with van der Waals surface area (Å²) in [6.45, 7) is 12.1. The number of hydrogen-bond donors (Lipinski definition) is 1. The molecule has 1 aliphatic heterocycles. The van der Waals surface area contributed by atoms with Gasteiger partial charge in [0, 0.05) is 31.4 Å². The average molecular weight is 377 g/mol. The predicted molar refractivity (Wildman–Crippen MR) is 109 cm³/mol. The van der Waals surface area contributed by atoms with E-state index >= 15 is 0 Å². The molecule has 0 spiro atoms. The van der Waals surface area contributed by atoms with Crippen molar-refractivity contribution in [1.82, 2.24) is 14.7 Å². The molecule has 0 unspecified atom stereocenters. The average Bonchev–Trinajstić information content (AvgIpc) is 2.64. The molecule has 0 bridgehead atoms. The molecule has 150 valence electrons. The third-order valence-corrected chi connectivity index (χ3v) is 3.74. The lowest BCUT2D eigenvalue weighted by atomic mass is 10.2. The van der Waals surface area contributed by atoms with Crippen LogP contribution in [0.5, 0.6) is 0 Å². The van der Waals surface area contributed by atoms with Crippen molar-refractivity contribution < 1.29 is 9.53 Å². The summed E-state index contributed by atoms with van der Waals surface area (Å²) in [5.41, 5.74) is 2.44. The highest BCUT2D eigenvalue weighted by Gasteiger charge is 2.17. The molecule has 2 rings (SSSR count). The molecule has 0 atom stereocenters. The predicted octanol–water partition coefficient (Wildman–Crippen LogP) is 2.63. The Hall–Kier alpha value is -2.41. The summed E-state index contributed by atoms with van der Waals surface area (Å²) in [6, 6.07) is 1.70. The molecule has 1 amide bonds.